The van der Waals surface area contributed by atoms with Gasteiger partial charge in [0.15, 0.2) is 44.0 Å². The lowest BCUT2D eigenvalue weighted by molar-refractivity contribution is -0.396. The van der Waals surface area contributed by atoms with Crippen LogP contribution in [0.2, 0.25) is 0 Å². The van der Waals surface area contributed by atoms with Gasteiger partial charge in [-0.2, -0.15) is 0 Å². The molecule has 21 aliphatic rings. The number of aliphatic hydroxyl groups is 20. The third-order valence-corrected chi connectivity index (χ3v) is 16.3. The molecule has 14 bridgehead atoms. The van der Waals surface area contributed by atoms with Gasteiger partial charge in [0.2, 0.25) is 0 Å². The van der Waals surface area contributed by atoms with Crippen LogP contribution in [0.25, 0.3) is 0 Å². The molecule has 21 saturated heterocycles. The normalized spacial score (nSPS) is 49.8. The average Bonchev–Trinajstić information content (AvgIpc) is 1.32. The number of hydrogen-bond acceptors (Lipinski definition) is 38. The fraction of sp³-hybridized carbons (Fsp3) is 0.857. The van der Waals surface area contributed by atoms with Crippen LogP contribution >= 0.6 is 0 Å². The molecule has 0 radical (unpaired) electrons. The van der Waals surface area contributed by atoms with Crippen molar-refractivity contribution >= 4 is 11.7 Å². The Morgan fingerprint density at radius 3 is 0.716 bits per heavy atom. The van der Waals surface area contributed by atoms with Crippen LogP contribution < -0.4 is 0 Å². The van der Waals surface area contributed by atoms with Gasteiger partial charge in [-0.25, -0.2) is 4.79 Å². The summed E-state index contributed by atoms with van der Waals surface area (Å²) in [6.07, 6.45) is -73.0. The fourth-order valence-corrected chi connectivity index (χ4v) is 11.4. The highest BCUT2D eigenvalue weighted by atomic mass is 16.8. The number of benzene rings is 1. The minimum Gasteiger partial charge on any atom is -0.459 e. The number of ether oxygens (including phenoxy) is 15. The molecular weight excluding hydrogens is 1210 g/mol. The fourth-order valence-electron chi connectivity index (χ4n) is 11.4. The van der Waals surface area contributed by atoms with Gasteiger partial charge in [0.1, 0.15) is 178 Å². The van der Waals surface area contributed by atoms with E-state index in [1.165, 1.54) is 0 Å². The predicted octanol–water partition coefficient (Wildman–Crippen LogP) is -13.5. The van der Waals surface area contributed by atoms with Gasteiger partial charge in [-0.1, -0.05) is 0 Å². The molecule has 21 fully saturated rings. The van der Waals surface area contributed by atoms with E-state index in [4.69, 9.17) is 71.1 Å². The summed E-state index contributed by atoms with van der Waals surface area (Å²) >= 11 is 0. The highest BCUT2D eigenvalue weighted by Gasteiger charge is 2.60. The van der Waals surface area contributed by atoms with Crippen LogP contribution in [0.3, 0.4) is 0 Å². The molecule has 0 amide bonds. The molecule has 502 valence electrons. The summed E-state index contributed by atoms with van der Waals surface area (Å²) in [6, 6.07) is 3.98. The molecule has 22 rings (SSSR count). The number of nitro groups is 1. The number of aliphatic hydroxyl groups excluding tert-OH is 20. The summed E-state index contributed by atoms with van der Waals surface area (Å²) in [5.41, 5.74) is -0.678. The number of carbonyl (C=O) groups excluding carboxylic acids is 1. The van der Waals surface area contributed by atoms with Crippen LogP contribution in [0.1, 0.15) is 10.4 Å². The first kappa shape index (κ1) is 69.1. The van der Waals surface area contributed by atoms with Gasteiger partial charge in [0.05, 0.1) is 50.1 Å². The Morgan fingerprint density at radius 1 is 0.330 bits per heavy atom. The highest BCUT2D eigenvalue weighted by molar-refractivity contribution is 5.89. The lowest BCUT2D eigenvalue weighted by Crippen LogP contribution is -2.68. The maximum absolute atomic E-state index is 13.3. The van der Waals surface area contributed by atoms with Gasteiger partial charge < -0.3 is 173 Å². The van der Waals surface area contributed by atoms with Crippen molar-refractivity contribution in [3.63, 3.8) is 0 Å². The number of esters is 1. The van der Waals surface area contributed by atoms with E-state index in [0.29, 0.717) is 0 Å². The zero-order valence-corrected chi connectivity index (χ0v) is 45.7. The zero-order valence-electron chi connectivity index (χ0n) is 45.7. The molecule has 0 aromatic heterocycles. The van der Waals surface area contributed by atoms with Crippen molar-refractivity contribution in [3.8, 4) is 0 Å². The summed E-state index contributed by atoms with van der Waals surface area (Å²) in [6.45, 7) is -7.58. The van der Waals surface area contributed by atoms with Crippen LogP contribution in [-0.2, 0) is 71.1 Å². The third-order valence-electron chi connectivity index (χ3n) is 16.3. The van der Waals surface area contributed by atoms with Crippen molar-refractivity contribution in [1.29, 1.82) is 0 Å². The van der Waals surface area contributed by atoms with Gasteiger partial charge in [-0.3, -0.25) is 10.1 Å². The van der Waals surface area contributed by atoms with Crippen molar-refractivity contribution in [2.45, 2.75) is 215 Å². The van der Waals surface area contributed by atoms with E-state index in [-0.39, 0.29) is 5.56 Å². The topological polar surface area (TPSA) is 603 Å². The Kier molecular flexibility index (Phi) is 23.0. The van der Waals surface area contributed by atoms with Gasteiger partial charge in [0, 0.05) is 12.1 Å². The molecule has 0 aliphatic carbocycles. The van der Waals surface area contributed by atoms with Crippen molar-refractivity contribution < 1.29 is 183 Å². The molecule has 1 aromatic rings. The van der Waals surface area contributed by atoms with Crippen molar-refractivity contribution in [2.75, 3.05) is 46.2 Å². The number of carbonyl (C=O) groups is 1. The maximum atomic E-state index is 13.3. The largest absolute Gasteiger partial charge is 0.459 e. The molecule has 39 heteroatoms. The van der Waals surface area contributed by atoms with E-state index in [1.54, 1.807) is 0 Å². The zero-order chi connectivity index (χ0) is 63.9. The molecular formula is C49H73NO38. The molecule has 21 aliphatic heterocycles. The van der Waals surface area contributed by atoms with E-state index in [0.717, 1.165) is 24.3 Å². The lowest BCUT2D eigenvalue weighted by atomic mass is 9.95. The van der Waals surface area contributed by atoms with E-state index in [9.17, 15) is 117 Å². The lowest BCUT2D eigenvalue weighted by Gasteiger charge is -2.50. The molecule has 0 saturated carbocycles. The first-order valence-corrected chi connectivity index (χ1v) is 27.7. The molecule has 1 aromatic carbocycles. The van der Waals surface area contributed by atoms with E-state index < -0.39 is 278 Å². The molecule has 39 nitrogen and oxygen atoms in total. The highest BCUT2D eigenvalue weighted by Crippen LogP contribution is 2.39. The van der Waals surface area contributed by atoms with Crippen LogP contribution in [0.5, 0.6) is 0 Å². The second-order valence-corrected chi connectivity index (χ2v) is 21.9. The van der Waals surface area contributed by atoms with Crippen molar-refractivity contribution in [1.82, 2.24) is 0 Å². The quantitative estimate of drug-likeness (QED) is 0.0588. The van der Waals surface area contributed by atoms with E-state index in [1.807, 2.05) is 0 Å². The number of nitro benzene ring substituents is 1. The molecule has 0 unspecified atom stereocenters. The number of non-ortho nitro benzene ring substituents is 1. The molecule has 20 N–H and O–H groups in total. The monoisotopic (exact) mass is 1280 g/mol. The smallest absolute Gasteiger partial charge is 0.338 e. The Bertz CT molecular complexity index is 2390. The molecule has 21 heterocycles. The second kappa shape index (κ2) is 29.4. The first-order valence-electron chi connectivity index (χ1n) is 27.7. The van der Waals surface area contributed by atoms with E-state index >= 15 is 0 Å². The SMILES string of the molecule is O=C(OC[C@H]1O[C@@H]2O[C@H]3[C@H](O)[C@@H](O)[C@@H](O[C@H]4[C@H](O)[C@@H](O)[C@@H](O[C@H]5[C@H](O)[C@@H](O)[C@@H](O[C@H]6[C@H](O)[C@@H](O)[C@@H](O[C@H]7[C@H](O)[C@@H](O)[C@@H](O[C@H]8[C@H](O)[C@@H](O)[C@@H](O[C@H]1[C@H](O)[C@H]2O)O[C@@H]8CO)O[C@@H]7CO)O[C@@H]6CO)O[C@@H]5CO)O[C@@H]4CO)O[C@@H]3CO)c1ccc([N+](=O)[O-])cc1. The number of nitrogens with zero attached hydrogens (tertiary/aromatic N) is 1. The second-order valence-electron chi connectivity index (χ2n) is 21.9. The Balaban J connectivity index is 1.02. The maximum Gasteiger partial charge on any atom is 0.338 e. The summed E-state index contributed by atoms with van der Waals surface area (Å²) < 4.78 is 85.8. The standard InChI is InChI=1S/C49H73NO38/c51-5-14-35-22(58)29(65)44(76-14)84-37-16(7-53)78-46(31(67)24(37)60)86-39-18(9-55)80-48(33(69)26(39)62)88-41-20(11-74-42(71)12-1-3-13(4-2-12)50(72)73)81-49(34(70)27(41)63)87-40-19(10-56)79-47(32(68)25(40)61)85-38-17(8-54)77-45(30(66)23(38)59)83-36-15(6-52)75-43(82-35)28(64)21(36)57/h1-4,14-41,43-49,51-70H,5-11H2/t14-,15-,16-,17-,18-,19-,20-,21-,22-,23-,24-,25-,26-,27-,28-,29-,30-,31-,32-,33-,34-,35-,36-,37-,38-,39-,40-,41-,43-,44-,45-,46-,47-,48-,49-/m1/s1. The third kappa shape index (κ3) is 13.9. The Labute approximate surface area is 494 Å². The van der Waals surface area contributed by atoms with Crippen molar-refractivity contribution in [2.24, 2.45) is 0 Å². The van der Waals surface area contributed by atoms with Gasteiger partial charge in [-0.15, -0.1) is 0 Å². The predicted molar refractivity (Wildman–Crippen MR) is 265 cm³/mol. The van der Waals surface area contributed by atoms with Crippen LogP contribution in [0.15, 0.2) is 24.3 Å². The Hall–Kier alpha value is -3.27. The molecule has 88 heavy (non-hydrogen) atoms. The number of rotatable bonds is 10. The summed E-state index contributed by atoms with van der Waals surface area (Å²) in [7, 11) is 0. The van der Waals surface area contributed by atoms with Crippen LogP contribution in [0, 0.1) is 10.1 Å². The van der Waals surface area contributed by atoms with E-state index in [2.05, 4.69) is 0 Å². The average molecular weight is 1280 g/mol. The summed E-state index contributed by atoms with van der Waals surface area (Å²) in [5, 5.41) is 234. The van der Waals surface area contributed by atoms with Gasteiger partial charge >= 0.3 is 5.97 Å². The van der Waals surface area contributed by atoms with Crippen molar-refractivity contribution in [3.05, 3.63) is 39.9 Å². The summed E-state index contributed by atoms with van der Waals surface area (Å²) in [5.74, 6) is -1.18. The minimum absolute atomic E-state index is 0.267. The number of hydrogen-bond donors (Lipinski definition) is 20. The Morgan fingerprint density at radius 2 is 0.523 bits per heavy atom. The van der Waals surface area contributed by atoms with Crippen LogP contribution in [0.4, 0.5) is 5.69 Å². The minimum atomic E-state index is -2.34. The van der Waals surface area contributed by atoms with Gasteiger partial charge in [0.25, 0.3) is 5.69 Å². The van der Waals surface area contributed by atoms with Crippen LogP contribution in [-0.4, -0.2) is 374 Å². The molecule has 0 spiro atoms. The summed E-state index contributed by atoms with van der Waals surface area (Å²) in [4.78, 5) is 23.8. The first-order chi connectivity index (χ1) is 41.9. The van der Waals surface area contributed by atoms with Gasteiger partial charge in [-0.05, 0) is 12.1 Å². The molecule has 35 atom stereocenters.